The van der Waals surface area contributed by atoms with Crippen molar-refractivity contribution in [3.05, 3.63) is 83.3 Å². The number of carbonyl (C=O) groups is 1. The minimum absolute atomic E-state index is 0.357. The van der Waals surface area contributed by atoms with Crippen molar-refractivity contribution in [3.8, 4) is 16.9 Å². The second-order valence-electron chi connectivity index (χ2n) is 9.49. The number of rotatable bonds is 6. The Morgan fingerprint density at radius 3 is 2.81 bits per heavy atom. The van der Waals surface area contributed by atoms with E-state index in [1.807, 2.05) is 47.9 Å². The molecule has 5 aromatic rings. The summed E-state index contributed by atoms with van der Waals surface area (Å²) in [5.41, 5.74) is 5.95. The van der Waals surface area contributed by atoms with Crippen LogP contribution in [0.5, 0.6) is 5.75 Å². The maximum absolute atomic E-state index is 12.6. The highest BCUT2D eigenvalue weighted by atomic mass is 16.5. The van der Waals surface area contributed by atoms with E-state index in [1.165, 1.54) is 0 Å². The molecule has 6 rings (SSSR count). The fraction of sp³-hybridized carbons (Fsp3) is 0.267. The SMILES string of the molecule is Cc1[nH]nc2c1-c1cccc3c(CCCOc4cccc5ccccc45)c(C(=O)O)n(c13)CCCOC2. The van der Waals surface area contributed by atoms with E-state index < -0.39 is 5.97 Å². The van der Waals surface area contributed by atoms with Crippen LogP contribution in [0.3, 0.4) is 0 Å². The number of aromatic amines is 1. The van der Waals surface area contributed by atoms with Gasteiger partial charge in [0, 0.05) is 40.7 Å². The number of aromatic carboxylic acids is 1. The van der Waals surface area contributed by atoms with Crippen molar-refractivity contribution in [1.29, 1.82) is 0 Å². The number of nitrogens with one attached hydrogen (secondary N) is 1. The summed E-state index contributed by atoms with van der Waals surface area (Å²) in [7, 11) is 0. The normalized spacial score (nSPS) is 13.5. The molecule has 0 saturated heterocycles. The van der Waals surface area contributed by atoms with Gasteiger partial charge in [-0.3, -0.25) is 5.10 Å². The number of benzene rings is 3. The Kier molecular flexibility index (Phi) is 6.14. The second-order valence-corrected chi connectivity index (χ2v) is 9.49. The molecule has 0 fully saturated rings. The van der Waals surface area contributed by atoms with Crippen LogP contribution in [0, 0.1) is 6.92 Å². The van der Waals surface area contributed by atoms with Gasteiger partial charge in [-0.1, -0.05) is 54.6 Å². The first-order valence-corrected chi connectivity index (χ1v) is 12.7. The lowest BCUT2D eigenvalue weighted by atomic mass is 9.98. The molecule has 7 heteroatoms. The van der Waals surface area contributed by atoms with Gasteiger partial charge in [-0.05, 0) is 43.2 Å². The fourth-order valence-corrected chi connectivity index (χ4v) is 5.59. The van der Waals surface area contributed by atoms with Crippen LogP contribution in [0.15, 0.2) is 60.7 Å². The third kappa shape index (κ3) is 4.15. The average Bonchev–Trinajstić information content (AvgIpc) is 3.44. The summed E-state index contributed by atoms with van der Waals surface area (Å²) in [5.74, 6) is -0.0585. The number of carboxylic acid groups (broad SMARTS) is 1. The Balaban J connectivity index is 1.37. The molecule has 0 amide bonds. The summed E-state index contributed by atoms with van der Waals surface area (Å²) in [6, 6.07) is 20.3. The molecule has 1 aliphatic heterocycles. The van der Waals surface area contributed by atoms with Crippen molar-refractivity contribution < 1.29 is 19.4 Å². The van der Waals surface area contributed by atoms with Crippen LogP contribution in [0.1, 0.15) is 40.3 Å². The summed E-state index contributed by atoms with van der Waals surface area (Å²) >= 11 is 0. The molecule has 37 heavy (non-hydrogen) atoms. The summed E-state index contributed by atoms with van der Waals surface area (Å²) in [6.07, 6.45) is 2.03. The fourth-order valence-electron chi connectivity index (χ4n) is 5.59. The molecule has 3 aromatic carbocycles. The highest BCUT2D eigenvalue weighted by Crippen LogP contribution is 2.38. The number of nitrogens with zero attached hydrogens (tertiary/aromatic N) is 2. The highest BCUT2D eigenvalue weighted by molar-refractivity contribution is 6.04. The largest absolute Gasteiger partial charge is 0.493 e. The minimum Gasteiger partial charge on any atom is -0.493 e. The Morgan fingerprint density at radius 2 is 1.92 bits per heavy atom. The first kappa shape index (κ1) is 23.3. The average molecular weight is 496 g/mol. The Morgan fingerprint density at radius 1 is 1.11 bits per heavy atom. The zero-order valence-corrected chi connectivity index (χ0v) is 20.8. The number of carboxylic acids is 1. The maximum Gasteiger partial charge on any atom is 0.352 e. The number of aryl methyl sites for hydroxylation is 3. The van der Waals surface area contributed by atoms with Crippen LogP contribution >= 0.6 is 0 Å². The van der Waals surface area contributed by atoms with E-state index in [9.17, 15) is 9.90 Å². The van der Waals surface area contributed by atoms with Crippen LogP contribution < -0.4 is 4.74 Å². The van der Waals surface area contributed by atoms with Gasteiger partial charge in [-0.25, -0.2) is 4.79 Å². The van der Waals surface area contributed by atoms with Crippen molar-refractivity contribution in [2.45, 2.75) is 39.3 Å². The van der Waals surface area contributed by atoms with E-state index in [-0.39, 0.29) is 0 Å². The van der Waals surface area contributed by atoms with Gasteiger partial charge in [0.2, 0.25) is 0 Å². The number of H-pyrrole nitrogens is 1. The van der Waals surface area contributed by atoms with E-state index in [0.29, 0.717) is 44.9 Å². The van der Waals surface area contributed by atoms with Gasteiger partial charge in [0.1, 0.15) is 11.4 Å². The standard InChI is InChI=1S/C30H29N3O4/c1-19-27-24-12-5-11-22-23(13-6-17-37-26-14-4-9-20-8-2-3-10-21(20)26)29(30(34)35)33(28(22)24)15-7-16-36-18-25(27)32-31-19/h2-5,8-12,14H,6-7,13,15-18H2,1H3,(H,31,32)(H,34,35). The molecular formula is C30H29N3O4. The van der Waals surface area contributed by atoms with Crippen LogP contribution in [-0.4, -0.2) is 39.1 Å². The molecule has 0 bridgehead atoms. The Bertz CT molecular complexity index is 1610. The van der Waals surface area contributed by atoms with Crippen molar-refractivity contribution in [1.82, 2.24) is 14.8 Å². The van der Waals surface area contributed by atoms with E-state index in [4.69, 9.17) is 9.47 Å². The van der Waals surface area contributed by atoms with Crippen molar-refractivity contribution in [2.75, 3.05) is 13.2 Å². The van der Waals surface area contributed by atoms with E-state index in [1.54, 1.807) is 0 Å². The molecule has 2 aromatic heterocycles. The summed E-state index contributed by atoms with van der Waals surface area (Å²) in [6.45, 7) is 4.04. The predicted octanol–water partition coefficient (Wildman–Crippen LogP) is 6.12. The molecule has 0 atom stereocenters. The van der Waals surface area contributed by atoms with E-state index >= 15 is 0 Å². The molecule has 0 unspecified atom stereocenters. The number of hydrogen-bond acceptors (Lipinski definition) is 4. The Hall–Kier alpha value is -4.10. The molecule has 0 aliphatic carbocycles. The molecular weight excluding hydrogens is 466 g/mol. The van der Waals surface area contributed by atoms with Gasteiger partial charge in [0.25, 0.3) is 0 Å². The summed E-state index contributed by atoms with van der Waals surface area (Å²) in [5, 5.41) is 21.1. The predicted molar refractivity (Wildman–Crippen MR) is 143 cm³/mol. The Labute approximate surface area is 214 Å². The van der Waals surface area contributed by atoms with Crippen LogP contribution in [0.4, 0.5) is 0 Å². The number of hydrogen-bond donors (Lipinski definition) is 2. The third-order valence-electron chi connectivity index (χ3n) is 7.17. The summed E-state index contributed by atoms with van der Waals surface area (Å²) < 4.78 is 14.0. The van der Waals surface area contributed by atoms with Crippen LogP contribution in [0.25, 0.3) is 32.8 Å². The van der Waals surface area contributed by atoms with Crippen molar-refractivity contribution in [2.24, 2.45) is 0 Å². The highest BCUT2D eigenvalue weighted by Gasteiger charge is 2.26. The molecule has 188 valence electrons. The molecule has 0 saturated carbocycles. The van der Waals surface area contributed by atoms with Crippen LogP contribution in [-0.2, 0) is 24.3 Å². The topological polar surface area (TPSA) is 89.4 Å². The first-order valence-electron chi connectivity index (χ1n) is 12.7. The second kappa shape index (κ2) is 9.75. The third-order valence-corrected chi connectivity index (χ3v) is 7.17. The van der Waals surface area contributed by atoms with E-state index in [0.717, 1.165) is 61.9 Å². The van der Waals surface area contributed by atoms with Gasteiger partial charge in [0.15, 0.2) is 0 Å². The number of aromatic nitrogens is 3. The lowest BCUT2D eigenvalue weighted by Gasteiger charge is -2.15. The van der Waals surface area contributed by atoms with Gasteiger partial charge in [-0.15, -0.1) is 0 Å². The smallest absolute Gasteiger partial charge is 0.352 e. The van der Waals surface area contributed by atoms with Crippen LogP contribution in [0.2, 0.25) is 0 Å². The molecule has 0 spiro atoms. The zero-order chi connectivity index (χ0) is 25.4. The number of fused-ring (bicyclic) bond motifs is 3. The van der Waals surface area contributed by atoms with Gasteiger partial charge in [0.05, 0.1) is 24.4 Å². The van der Waals surface area contributed by atoms with E-state index in [2.05, 4.69) is 34.5 Å². The molecule has 2 N–H and O–H groups in total. The lowest BCUT2D eigenvalue weighted by molar-refractivity contribution is 0.0681. The van der Waals surface area contributed by atoms with Gasteiger partial charge < -0.3 is 19.1 Å². The molecule has 0 radical (unpaired) electrons. The molecule has 1 aliphatic rings. The molecule has 3 heterocycles. The lowest BCUT2D eigenvalue weighted by Crippen LogP contribution is -2.13. The minimum atomic E-state index is -0.908. The van der Waals surface area contributed by atoms with Gasteiger partial charge >= 0.3 is 5.97 Å². The number of para-hydroxylation sites is 1. The molecule has 7 nitrogen and oxygen atoms in total. The maximum atomic E-state index is 12.6. The summed E-state index contributed by atoms with van der Waals surface area (Å²) in [4.78, 5) is 12.6. The quantitative estimate of drug-likeness (QED) is 0.277. The van der Waals surface area contributed by atoms with Crippen molar-refractivity contribution in [3.63, 3.8) is 0 Å². The monoisotopic (exact) mass is 495 g/mol. The van der Waals surface area contributed by atoms with Crippen molar-refractivity contribution >= 4 is 27.6 Å². The first-order chi connectivity index (χ1) is 18.1. The number of ether oxygens (including phenoxy) is 2. The zero-order valence-electron chi connectivity index (χ0n) is 20.8. The van der Waals surface area contributed by atoms with Gasteiger partial charge in [-0.2, -0.15) is 5.10 Å².